The predicted octanol–water partition coefficient (Wildman–Crippen LogP) is 3.91. The molecule has 0 saturated heterocycles. The first-order chi connectivity index (χ1) is 9.24. The van der Waals surface area contributed by atoms with Gasteiger partial charge in [0.2, 0.25) is 0 Å². The topological polar surface area (TPSA) is 30.7 Å². The third-order valence-electron chi connectivity index (χ3n) is 2.89. The van der Waals surface area contributed by atoms with Gasteiger partial charge in [0.15, 0.2) is 0 Å². The summed E-state index contributed by atoms with van der Waals surface area (Å²) >= 11 is 3.45. The normalized spacial score (nSPS) is 10.6. The molecule has 94 valence electrons. The number of hydrogen-bond acceptors (Lipinski definition) is 2. The first-order valence-electron chi connectivity index (χ1n) is 5.95. The Morgan fingerprint density at radius 1 is 1.05 bits per heavy atom. The number of rotatable bonds is 2. The number of hydrogen-bond donors (Lipinski definition) is 0. The Hall–Kier alpha value is -1.94. The van der Waals surface area contributed by atoms with Gasteiger partial charge in [0.25, 0.3) is 0 Å². The van der Waals surface area contributed by atoms with E-state index in [1.54, 1.807) is 6.20 Å². The van der Waals surface area contributed by atoms with Crippen LogP contribution in [0.5, 0.6) is 0 Å². The minimum Gasteiger partial charge on any atom is -0.274 e. The van der Waals surface area contributed by atoms with Crippen molar-refractivity contribution >= 4 is 15.9 Å². The van der Waals surface area contributed by atoms with Crippen LogP contribution >= 0.6 is 15.9 Å². The molecule has 0 atom stereocenters. The van der Waals surface area contributed by atoms with Crippen LogP contribution in [0.25, 0.3) is 22.5 Å². The third kappa shape index (κ3) is 2.44. The highest BCUT2D eigenvalue weighted by atomic mass is 79.9. The second kappa shape index (κ2) is 4.97. The van der Waals surface area contributed by atoms with E-state index in [0.29, 0.717) is 0 Å². The molecular formula is C15H12BrN3. The number of aromatic nitrogens is 3. The van der Waals surface area contributed by atoms with Crippen molar-refractivity contribution in [1.82, 2.24) is 14.8 Å². The Morgan fingerprint density at radius 3 is 2.53 bits per heavy atom. The van der Waals surface area contributed by atoms with Crippen molar-refractivity contribution in [1.29, 1.82) is 0 Å². The maximum atomic E-state index is 4.55. The molecule has 3 aromatic rings. The average Bonchev–Trinajstić information content (AvgIpc) is 2.83. The molecular weight excluding hydrogens is 302 g/mol. The molecule has 0 saturated carbocycles. The molecule has 0 aliphatic heterocycles. The lowest BCUT2D eigenvalue weighted by Crippen LogP contribution is -1.87. The molecule has 0 N–H and O–H groups in total. The standard InChI is InChI=1S/C15H12BrN3/c1-19-10-13(14-4-2-3-9-17-14)15(18-19)11-5-7-12(16)8-6-11/h2-10H,1H3. The minimum absolute atomic E-state index is 0.938. The summed E-state index contributed by atoms with van der Waals surface area (Å²) in [7, 11) is 1.93. The Morgan fingerprint density at radius 2 is 1.84 bits per heavy atom. The van der Waals surface area contributed by atoms with Crippen LogP contribution in [0.4, 0.5) is 0 Å². The van der Waals surface area contributed by atoms with Gasteiger partial charge < -0.3 is 0 Å². The van der Waals surface area contributed by atoms with Gasteiger partial charge in [0.05, 0.1) is 5.69 Å². The summed E-state index contributed by atoms with van der Waals surface area (Å²) in [5.74, 6) is 0. The van der Waals surface area contributed by atoms with Crippen molar-refractivity contribution < 1.29 is 0 Å². The molecule has 3 nitrogen and oxygen atoms in total. The van der Waals surface area contributed by atoms with Crippen LogP contribution in [0.2, 0.25) is 0 Å². The Kier molecular flexibility index (Phi) is 3.17. The number of halogens is 1. The van der Waals surface area contributed by atoms with Gasteiger partial charge in [0.1, 0.15) is 5.69 Å². The molecule has 3 rings (SSSR count). The lowest BCUT2D eigenvalue weighted by Gasteiger charge is -2.02. The van der Waals surface area contributed by atoms with Gasteiger partial charge in [-0.05, 0) is 24.3 Å². The smallest absolute Gasteiger partial charge is 0.102 e. The fraction of sp³-hybridized carbons (Fsp3) is 0.0667. The molecule has 0 aliphatic carbocycles. The van der Waals surface area contributed by atoms with Crippen LogP contribution in [0.3, 0.4) is 0 Å². The van der Waals surface area contributed by atoms with E-state index in [9.17, 15) is 0 Å². The zero-order valence-electron chi connectivity index (χ0n) is 10.4. The lowest BCUT2D eigenvalue weighted by atomic mass is 10.1. The van der Waals surface area contributed by atoms with Gasteiger partial charge >= 0.3 is 0 Å². The predicted molar refractivity (Wildman–Crippen MR) is 79.6 cm³/mol. The molecule has 2 aromatic heterocycles. The quantitative estimate of drug-likeness (QED) is 0.718. The van der Waals surface area contributed by atoms with Gasteiger partial charge in [-0.3, -0.25) is 9.67 Å². The Balaban J connectivity index is 2.15. The van der Waals surface area contributed by atoms with E-state index in [1.807, 2.05) is 48.3 Å². The third-order valence-corrected chi connectivity index (χ3v) is 3.42. The fourth-order valence-corrected chi connectivity index (χ4v) is 2.28. The van der Waals surface area contributed by atoms with E-state index >= 15 is 0 Å². The first-order valence-corrected chi connectivity index (χ1v) is 6.74. The largest absolute Gasteiger partial charge is 0.274 e. The maximum Gasteiger partial charge on any atom is 0.102 e. The van der Waals surface area contributed by atoms with E-state index in [0.717, 1.165) is 27.0 Å². The monoisotopic (exact) mass is 313 g/mol. The Labute approximate surface area is 120 Å². The van der Waals surface area contributed by atoms with Crippen LogP contribution in [0.15, 0.2) is 59.3 Å². The number of nitrogens with zero attached hydrogens (tertiary/aromatic N) is 3. The van der Waals surface area contributed by atoms with Crippen LogP contribution in [-0.4, -0.2) is 14.8 Å². The van der Waals surface area contributed by atoms with E-state index in [-0.39, 0.29) is 0 Å². The molecule has 0 amide bonds. The molecule has 0 fully saturated rings. The second-order valence-electron chi connectivity index (χ2n) is 4.29. The van der Waals surface area contributed by atoms with Gasteiger partial charge in [0, 0.05) is 35.0 Å². The van der Waals surface area contributed by atoms with Gasteiger partial charge in [-0.1, -0.05) is 34.1 Å². The van der Waals surface area contributed by atoms with Crippen LogP contribution in [-0.2, 0) is 7.05 Å². The van der Waals surface area contributed by atoms with Gasteiger partial charge in [-0.25, -0.2) is 0 Å². The molecule has 0 bridgehead atoms. The fourth-order valence-electron chi connectivity index (χ4n) is 2.02. The summed E-state index contributed by atoms with van der Waals surface area (Å²) in [6, 6.07) is 14.1. The van der Waals surface area contributed by atoms with E-state index in [2.05, 4.69) is 38.1 Å². The second-order valence-corrected chi connectivity index (χ2v) is 5.20. The van der Waals surface area contributed by atoms with Crippen molar-refractivity contribution in [2.45, 2.75) is 0 Å². The van der Waals surface area contributed by atoms with Crippen molar-refractivity contribution in [2.75, 3.05) is 0 Å². The summed E-state index contributed by atoms with van der Waals surface area (Å²) in [5.41, 5.74) is 4.03. The van der Waals surface area contributed by atoms with Crippen LogP contribution in [0.1, 0.15) is 0 Å². The van der Waals surface area contributed by atoms with Crippen LogP contribution < -0.4 is 0 Å². The lowest BCUT2D eigenvalue weighted by molar-refractivity contribution is 0.771. The van der Waals surface area contributed by atoms with Crippen molar-refractivity contribution in [3.8, 4) is 22.5 Å². The number of benzene rings is 1. The molecule has 0 aliphatic rings. The summed E-state index contributed by atoms with van der Waals surface area (Å²) in [5, 5.41) is 4.55. The highest BCUT2D eigenvalue weighted by molar-refractivity contribution is 9.10. The van der Waals surface area contributed by atoms with E-state index in [1.165, 1.54) is 0 Å². The molecule has 0 unspecified atom stereocenters. The van der Waals surface area contributed by atoms with Gasteiger partial charge in [-0.2, -0.15) is 5.10 Å². The molecule has 0 spiro atoms. The molecule has 2 heterocycles. The van der Waals surface area contributed by atoms with E-state index in [4.69, 9.17) is 0 Å². The highest BCUT2D eigenvalue weighted by Crippen LogP contribution is 2.30. The molecule has 19 heavy (non-hydrogen) atoms. The zero-order chi connectivity index (χ0) is 13.2. The molecule has 1 aromatic carbocycles. The van der Waals surface area contributed by atoms with E-state index < -0.39 is 0 Å². The summed E-state index contributed by atoms with van der Waals surface area (Å²) in [6.07, 6.45) is 3.80. The van der Waals surface area contributed by atoms with Gasteiger partial charge in [-0.15, -0.1) is 0 Å². The average molecular weight is 314 g/mol. The zero-order valence-corrected chi connectivity index (χ0v) is 12.0. The van der Waals surface area contributed by atoms with Crippen molar-refractivity contribution in [2.24, 2.45) is 7.05 Å². The highest BCUT2D eigenvalue weighted by Gasteiger charge is 2.12. The van der Waals surface area contributed by atoms with Crippen molar-refractivity contribution in [3.63, 3.8) is 0 Å². The molecule has 0 radical (unpaired) electrons. The number of aryl methyl sites for hydroxylation is 1. The minimum atomic E-state index is 0.938. The SMILES string of the molecule is Cn1cc(-c2ccccn2)c(-c2ccc(Br)cc2)n1. The Bertz CT molecular complexity index is 687. The van der Waals surface area contributed by atoms with Crippen molar-refractivity contribution in [3.05, 3.63) is 59.3 Å². The molecule has 4 heteroatoms. The maximum absolute atomic E-state index is 4.55. The summed E-state index contributed by atoms with van der Waals surface area (Å²) < 4.78 is 2.88. The number of pyridine rings is 1. The van der Waals surface area contributed by atoms with Crippen LogP contribution in [0, 0.1) is 0 Å². The summed E-state index contributed by atoms with van der Waals surface area (Å²) in [4.78, 5) is 4.40. The summed E-state index contributed by atoms with van der Waals surface area (Å²) in [6.45, 7) is 0. The first kappa shape index (κ1) is 12.1.